The molecule has 5 nitrogen and oxygen atoms in total. The third-order valence-electron chi connectivity index (χ3n) is 3.08. The Balaban J connectivity index is 1.79. The Morgan fingerprint density at radius 2 is 2.17 bits per heavy atom. The van der Waals surface area contributed by atoms with Crippen molar-refractivity contribution >= 4 is 11.6 Å². The fraction of sp³-hybridized carbons (Fsp3) is 0.462. The molecule has 1 aromatic carbocycles. The van der Waals surface area contributed by atoms with Crippen molar-refractivity contribution < 1.29 is 19.0 Å². The van der Waals surface area contributed by atoms with Crippen LogP contribution in [-0.2, 0) is 14.3 Å². The van der Waals surface area contributed by atoms with Gasteiger partial charge in [-0.3, -0.25) is 4.79 Å². The molecule has 5 heteroatoms. The van der Waals surface area contributed by atoms with Crippen LogP contribution in [0.15, 0.2) is 24.3 Å². The quantitative estimate of drug-likeness (QED) is 0.779. The van der Waals surface area contributed by atoms with Crippen LogP contribution < -0.4 is 9.64 Å². The predicted octanol–water partition coefficient (Wildman–Crippen LogP) is 0.827. The molecule has 1 unspecified atom stereocenters. The number of nitrogens with zero attached hydrogens (tertiary/aromatic N) is 1. The lowest BCUT2D eigenvalue weighted by Crippen LogP contribution is -2.46. The van der Waals surface area contributed by atoms with E-state index in [0.717, 1.165) is 11.4 Å². The molecule has 96 valence electrons. The summed E-state index contributed by atoms with van der Waals surface area (Å²) in [6, 6.07) is 7.54. The average Bonchev–Trinajstić information content (AvgIpc) is 2.43. The van der Waals surface area contributed by atoms with E-state index in [1.807, 2.05) is 24.3 Å². The lowest BCUT2D eigenvalue weighted by molar-refractivity contribution is -0.123. The molecule has 18 heavy (non-hydrogen) atoms. The summed E-state index contributed by atoms with van der Waals surface area (Å²) in [5.41, 5.74) is 0.808. The number of rotatable bonds is 2. The summed E-state index contributed by atoms with van der Waals surface area (Å²) in [5, 5.41) is 0. The Morgan fingerprint density at radius 1 is 1.28 bits per heavy atom. The number of carbonyl (C=O) groups is 1. The maximum atomic E-state index is 11.9. The number of carbonyl (C=O) groups excluding carboxylic acids is 1. The van der Waals surface area contributed by atoms with Crippen LogP contribution >= 0.6 is 0 Å². The molecule has 0 bridgehead atoms. The van der Waals surface area contributed by atoms with Crippen LogP contribution in [-0.4, -0.2) is 45.0 Å². The van der Waals surface area contributed by atoms with E-state index in [2.05, 4.69) is 0 Å². The Labute approximate surface area is 105 Å². The molecule has 0 aromatic heterocycles. The molecular weight excluding hydrogens is 234 g/mol. The van der Waals surface area contributed by atoms with Gasteiger partial charge < -0.3 is 19.1 Å². The van der Waals surface area contributed by atoms with Crippen molar-refractivity contribution in [3.8, 4) is 5.75 Å². The van der Waals surface area contributed by atoms with Gasteiger partial charge in [0.1, 0.15) is 5.75 Å². The highest BCUT2D eigenvalue weighted by molar-refractivity contribution is 5.97. The third-order valence-corrected chi connectivity index (χ3v) is 3.08. The molecule has 0 radical (unpaired) electrons. The molecule has 1 amide bonds. The van der Waals surface area contributed by atoms with Crippen LogP contribution in [0.25, 0.3) is 0 Å². The molecular formula is C13H15NO4. The molecule has 1 fully saturated rings. The first-order chi connectivity index (χ1) is 8.84. The van der Waals surface area contributed by atoms with Crippen LogP contribution in [0.3, 0.4) is 0 Å². The average molecular weight is 249 g/mol. The smallest absolute Gasteiger partial charge is 0.265 e. The monoisotopic (exact) mass is 249 g/mol. The number of amides is 1. The summed E-state index contributed by atoms with van der Waals surface area (Å²) in [4.78, 5) is 13.7. The second kappa shape index (κ2) is 4.96. The zero-order valence-electron chi connectivity index (χ0n) is 10.0. The summed E-state index contributed by atoms with van der Waals surface area (Å²) in [7, 11) is 0. The number of para-hydroxylation sites is 2. The minimum Gasteiger partial charge on any atom is -0.482 e. The van der Waals surface area contributed by atoms with Crippen LogP contribution in [0, 0.1) is 0 Å². The molecule has 1 atom stereocenters. The van der Waals surface area contributed by atoms with E-state index >= 15 is 0 Å². The third kappa shape index (κ3) is 2.19. The molecule has 3 rings (SSSR count). The highest BCUT2D eigenvalue weighted by Crippen LogP contribution is 2.31. The number of anilines is 1. The van der Waals surface area contributed by atoms with Crippen LogP contribution in [0.2, 0.25) is 0 Å². The second-order valence-electron chi connectivity index (χ2n) is 4.33. The summed E-state index contributed by atoms with van der Waals surface area (Å²) >= 11 is 0. The van der Waals surface area contributed by atoms with Gasteiger partial charge in [-0.1, -0.05) is 12.1 Å². The van der Waals surface area contributed by atoms with E-state index in [1.54, 1.807) is 4.90 Å². The van der Waals surface area contributed by atoms with E-state index in [-0.39, 0.29) is 18.6 Å². The number of hydrogen-bond donors (Lipinski definition) is 0. The van der Waals surface area contributed by atoms with Crippen molar-refractivity contribution in [3.63, 3.8) is 0 Å². The molecule has 1 saturated heterocycles. The standard InChI is InChI=1S/C13H15NO4/c15-13-9-18-12-4-2-1-3-11(12)14(13)7-10-8-16-5-6-17-10/h1-4,10H,5-9H2. The van der Waals surface area contributed by atoms with E-state index in [9.17, 15) is 4.79 Å². The SMILES string of the molecule is O=C1COc2ccccc2N1CC1COCCO1. The second-order valence-corrected chi connectivity index (χ2v) is 4.33. The number of ether oxygens (including phenoxy) is 3. The molecule has 2 aliphatic rings. The van der Waals surface area contributed by atoms with Crippen molar-refractivity contribution in [3.05, 3.63) is 24.3 Å². The van der Waals surface area contributed by atoms with Gasteiger partial charge in [0.15, 0.2) is 6.61 Å². The van der Waals surface area contributed by atoms with Crippen molar-refractivity contribution in [2.75, 3.05) is 37.9 Å². The predicted molar refractivity (Wildman–Crippen MR) is 64.8 cm³/mol. The van der Waals surface area contributed by atoms with Gasteiger partial charge in [-0.2, -0.15) is 0 Å². The first kappa shape index (κ1) is 11.5. The first-order valence-electron chi connectivity index (χ1n) is 6.06. The Morgan fingerprint density at radius 3 is 3.00 bits per heavy atom. The number of hydrogen-bond acceptors (Lipinski definition) is 4. The Hall–Kier alpha value is -1.59. The van der Waals surface area contributed by atoms with Gasteiger partial charge in [0.05, 0.1) is 38.2 Å². The van der Waals surface area contributed by atoms with Crippen LogP contribution in [0.4, 0.5) is 5.69 Å². The lowest BCUT2D eigenvalue weighted by atomic mass is 10.2. The van der Waals surface area contributed by atoms with Gasteiger partial charge >= 0.3 is 0 Å². The van der Waals surface area contributed by atoms with E-state index in [0.29, 0.717) is 26.4 Å². The molecule has 2 aliphatic heterocycles. The fourth-order valence-corrected chi connectivity index (χ4v) is 2.20. The van der Waals surface area contributed by atoms with E-state index < -0.39 is 0 Å². The summed E-state index contributed by atoms with van der Waals surface area (Å²) in [6.45, 7) is 2.35. The normalized spacial score (nSPS) is 23.4. The first-order valence-corrected chi connectivity index (χ1v) is 6.06. The topological polar surface area (TPSA) is 48.0 Å². The summed E-state index contributed by atoms with van der Waals surface area (Å²) < 4.78 is 16.3. The largest absolute Gasteiger partial charge is 0.482 e. The maximum Gasteiger partial charge on any atom is 0.265 e. The van der Waals surface area contributed by atoms with Crippen molar-refractivity contribution in [1.82, 2.24) is 0 Å². The van der Waals surface area contributed by atoms with E-state index in [1.165, 1.54) is 0 Å². The van der Waals surface area contributed by atoms with Gasteiger partial charge in [0, 0.05) is 0 Å². The Kier molecular flexibility index (Phi) is 3.17. The molecule has 0 saturated carbocycles. The number of benzene rings is 1. The van der Waals surface area contributed by atoms with Crippen molar-refractivity contribution in [2.45, 2.75) is 6.10 Å². The van der Waals surface area contributed by atoms with Crippen molar-refractivity contribution in [2.24, 2.45) is 0 Å². The van der Waals surface area contributed by atoms with Gasteiger partial charge in [-0.05, 0) is 12.1 Å². The summed E-state index contributed by atoms with van der Waals surface area (Å²) in [6.07, 6.45) is -0.0612. The van der Waals surface area contributed by atoms with Crippen molar-refractivity contribution in [1.29, 1.82) is 0 Å². The molecule has 0 spiro atoms. The van der Waals surface area contributed by atoms with Crippen LogP contribution in [0.5, 0.6) is 5.75 Å². The highest BCUT2D eigenvalue weighted by Gasteiger charge is 2.28. The van der Waals surface area contributed by atoms with Gasteiger partial charge in [-0.15, -0.1) is 0 Å². The van der Waals surface area contributed by atoms with E-state index in [4.69, 9.17) is 14.2 Å². The molecule has 2 heterocycles. The zero-order valence-corrected chi connectivity index (χ0v) is 10.0. The molecule has 0 aliphatic carbocycles. The lowest BCUT2D eigenvalue weighted by Gasteiger charge is -2.33. The highest BCUT2D eigenvalue weighted by atomic mass is 16.6. The zero-order chi connectivity index (χ0) is 12.4. The minimum atomic E-state index is -0.0612. The minimum absolute atomic E-state index is 0.0390. The molecule has 0 N–H and O–H groups in total. The fourth-order valence-electron chi connectivity index (χ4n) is 2.20. The maximum absolute atomic E-state index is 11.9. The van der Waals surface area contributed by atoms with Gasteiger partial charge in [0.25, 0.3) is 5.91 Å². The number of fused-ring (bicyclic) bond motifs is 1. The van der Waals surface area contributed by atoms with Gasteiger partial charge in [0.2, 0.25) is 0 Å². The van der Waals surface area contributed by atoms with Gasteiger partial charge in [-0.25, -0.2) is 0 Å². The summed E-state index contributed by atoms with van der Waals surface area (Å²) in [5.74, 6) is 0.705. The Bertz CT molecular complexity index is 442. The van der Waals surface area contributed by atoms with Crippen LogP contribution in [0.1, 0.15) is 0 Å². The molecule has 1 aromatic rings.